The number of benzene rings is 1. The topological polar surface area (TPSA) is 36.9 Å². The second kappa shape index (κ2) is 14.3. The van der Waals surface area contributed by atoms with Gasteiger partial charge >= 0.3 is 0 Å². The van der Waals surface area contributed by atoms with Gasteiger partial charge in [0.1, 0.15) is 6.61 Å². The number of allylic oxidation sites excluding steroid dienone is 2. The summed E-state index contributed by atoms with van der Waals surface area (Å²) in [7, 11) is 0. The van der Waals surface area contributed by atoms with Crippen LogP contribution in [-0.2, 0) is 18.9 Å². The third kappa shape index (κ3) is 10.8. The predicted octanol–water partition coefficient (Wildman–Crippen LogP) is 5.68. The van der Waals surface area contributed by atoms with Crippen molar-refractivity contribution >= 4 is 11.1 Å². The molecular weight excluding hydrogens is 340 g/mol. The standard InChI is InChI=1S/C23H36O4/c1-6-7-11-25-17-20(4)22-9-8-10-23(16-22)21(5)18-26-13-12-24-14-15-27-19(2)3/h8-10,16-19H,6-7,11-15H2,1-5H3/b20-17+,21-18+. The number of hydrogen-bond acceptors (Lipinski definition) is 4. The van der Waals surface area contributed by atoms with E-state index >= 15 is 0 Å². The number of rotatable bonds is 14. The Morgan fingerprint density at radius 3 is 2.07 bits per heavy atom. The van der Waals surface area contributed by atoms with Crippen LogP contribution in [0.2, 0.25) is 0 Å². The summed E-state index contributed by atoms with van der Waals surface area (Å²) < 4.78 is 22.1. The maximum Gasteiger partial charge on any atom is 0.111 e. The summed E-state index contributed by atoms with van der Waals surface area (Å²) in [5.74, 6) is 0. The molecule has 0 N–H and O–H groups in total. The van der Waals surface area contributed by atoms with Crippen LogP contribution in [0.5, 0.6) is 0 Å². The molecule has 1 rings (SSSR count). The predicted molar refractivity (Wildman–Crippen MR) is 112 cm³/mol. The summed E-state index contributed by atoms with van der Waals surface area (Å²) in [6.45, 7) is 13.4. The first-order valence-corrected chi connectivity index (χ1v) is 9.91. The van der Waals surface area contributed by atoms with Crippen LogP contribution in [0.15, 0.2) is 36.8 Å². The Labute approximate surface area is 165 Å². The lowest BCUT2D eigenvalue weighted by Gasteiger charge is -2.09. The van der Waals surface area contributed by atoms with Gasteiger partial charge in [0.05, 0.1) is 45.1 Å². The molecule has 0 spiro atoms. The molecule has 0 atom stereocenters. The van der Waals surface area contributed by atoms with Gasteiger partial charge in [-0.15, -0.1) is 0 Å². The fourth-order valence-corrected chi connectivity index (χ4v) is 2.29. The van der Waals surface area contributed by atoms with Crippen molar-refractivity contribution in [1.82, 2.24) is 0 Å². The zero-order chi connectivity index (χ0) is 19.9. The van der Waals surface area contributed by atoms with Crippen molar-refractivity contribution < 1.29 is 18.9 Å². The molecular formula is C23H36O4. The van der Waals surface area contributed by atoms with Crippen LogP contribution in [0.4, 0.5) is 0 Å². The molecule has 0 heterocycles. The highest BCUT2D eigenvalue weighted by atomic mass is 16.5. The molecule has 0 aliphatic carbocycles. The van der Waals surface area contributed by atoms with Gasteiger partial charge in [-0.2, -0.15) is 0 Å². The molecule has 4 heteroatoms. The minimum Gasteiger partial charge on any atom is -0.501 e. The highest BCUT2D eigenvalue weighted by molar-refractivity contribution is 5.70. The van der Waals surface area contributed by atoms with Gasteiger partial charge in [-0.05, 0) is 62.5 Å². The van der Waals surface area contributed by atoms with Gasteiger partial charge in [-0.3, -0.25) is 0 Å². The summed E-state index contributed by atoms with van der Waals surface area (Å²) in [4.78, 5) is 0. The van der Waals surface area contributed by atoms with Crippen LogP contribution >= 0.6 is 0 Å². The SMILES string of the molecule is CCCCO/C=C(\C)c1cccc(/C(C)=C/OCCOCCOC(C)C)c1. The maximum atomic E-state index is 5.60. The summed E-state index contributed by atoms with van der Waals surface area (Å²) in [6.07, 6.45) is 6.11. The van der Waals surface area contributed by atoms with Gasteiger partial charge in [0, 0.05) is 0 Å². The normalized spacial score (nSPS) is 12.5. The third-order valence-electron chi connectivity index (χ3n) is 3.93. The molecule has 0 bridgehead atoms. The average Bonchev–Trinajstić information content (AvgIpc) is 2.66. The largest absolute Gasteiger partial charge is 0.501 e. The highest BCUT2D eigenvalue weighted by Gasteiger charge is 2.01. The quantitative estimate of drug-likeness (QED) is 0.309. The monoisotopic (exact) mass is 376 g/mol. The third-order valence-corrected chi connectivity index (χ3v) is 3.93. The van der Waals surface area contributed by atoms with Crippen LogP contribution in [-0.4, -0.2) is 39.1 Å². The average molecular weight is 377 g/mol. The molecule has 0 aliphatic rings. The van der Waals surface area contributed by atoms with E-state index in [0.717, 1.165) is 41.7 Å². The van der Waals surface area contributed by atoms with Crippen molar-refractivity contribution in [3.8, 4) is 0 Å². The molecule has 0 fully saturated rings. The van der Waals surface area contributed by atoms with E-state index < -0.39 is 0 Å². The molecule has 152 valence electrons. The zero-order valence-corrected chi connectivity index (χ0v) is 17.6. The molecule has 4 nitrogen and oxygen atoms in total. The molecule has 0 unspecified atom stereocenters. The van der Waals surface area contributed by atoms with Crippen molar-refractivity contribution in [2.24, 2.45) is 0 Å². The Hall–Kier alpha value is -1.78. The molecule has 0 radical (unpaired) electrons. The molecule has 27 heavy (non-hydrogen) atoms. The smallest absolute Gasteiger partial charge is 0.111 e. The van der Waals surface area contributed by atoms with Crippen LogP contribution in [0.25, 0.3) is 11.1 Å². The first kappa shape index (κ1) is 23.3. The van der Waals surface area contributed by atoms with Gasteiger partial charge in [-0.25, -0.2) is 0 Å². The van der Waals surface area contributed by atoms with Gasteiger partial charge in [-0.1, -0.05) is 31.5 Å². The van der Waals surface area contributed by atoms with E-state index in [1.54, 1.807) is 6.26 Å². The Kier molecular flexibility index (Phi) is 12.3. The maximum absolute atomic E-state index is 5.60. The second-order valence-electron chi connectivity index (χ2n) is 6.81. The zero-order valence-electron chi connectivity index (χ0n) is 17.6. The Bertz CT molecular complexity index is 575. The van der Waals surface area contributed by atoms with Crippen molar-refractivity contribution in [1.29, 1.82) is 0 Å². The lowest BCUT2D eigenvalue weighted by molar-refractivity contribution is 0.00884. The number of hydrogen-bond donors (Lipinski definition) is 0. The minimum atomic E-state index is 0.243. The van der Waals surface area contributed by atoms with Crippen molar-refractivity contribution in [3.63, 3.8) is 0 Å². The summed E-state index contributed by atoms with van der Waals surface area (Å²) in [6, 6.07) is 8.40. The van der Waals surface area contributed by atoms with E-state index in [-0.39, 0.29) is 6.10 Å². The Morgan fingerprint density at radius 2 is 1.48 bits per heavy atom. The second-order valence-corrected chi connectivity index (χ2v) is 6.81. The lowest BCUT2D eigenvalue weighted by atomic mass is 10.0. The Balaban J connectivity index is 2.41. The summed E-state index contributed by atoms with van der Waals surface area (Å²) in [5.41, 5.74) is 4.50. The minimum absolute atomic E-state index is 0.243. The van der Waals surface area contributed by atoms with E-state index in [4.69, 9.17) is 18.9 Å². The molecule has 1 aromatic carbocycles. The van der Waals surface area contributed by atoms with Gasteiger partial charge in [0.2, 0.25) is 0 Å². The molecule has 0 saturated heterocycles. The Morgan fingerprint density at radius 1 is 0.889 bits per heavy atom. The molecule has 1 aromatic rings. The van der Waals surface area contributed by atoms with Gasteiger partial charge in [0.15, 0.2) is 0 Å². The summed E-state index contributed by atoms with van der Waals surface area (Å²) >= 11 is 0. The van der Waals surface area contributed by atoms with Crippen LogP contribution in [0.3, 0.4) is 0 Å². The number of unbranched alkanes of at least 4 members (excludes halogenated alkanes) is 1. The van der Waals surface area contributed by atoms with Gasteiger partial charge < -0.3 is 18.9 Å². The van der Waals surface area contributed by atoms with E-state index in [1.165, 1.54) is 0 Å². The lowest BCUT2D eigenvalue weighted by Crippen LogP contribution is -2.11. The van der Waals surface area contributed by atoms with E-state index in [2.05, 4.69) is 38.1 Å². The first-order valence-electron chi connectivity index (χ1n) is 9.91. The van der Waals surface area contributed by atoms with Crippen LogP contribution in [0.1, 0.15) is 58.6 Å². The van der Waals surface area contributed by atoms with Crippen LogP contribution in [0, 0.1) is 0 Å². The molecule has 0 amide bonds. The molecule has 0 saturated carbocycles. The highest BCUT2D eigenvalue weighted by Crippen LogP contribution is 2.20. The van der Waals surface area contributed by atoms with E-state index in [0.29, 0.717) is 26.4 Å². The van der Waals surface area contributed by atoms with Gasteiger partial charge in [0.25, 0.3) is 0 Å². The fraction of sp³-hybridized carbons (Fsp3) is 0.565. The van der Waals surface area contributed by atoms with Crippen LogP contribution < -0.4 is 0 Å². The van der Waals surface area contributed by atoms with Crippen molar-refractivity contribution in [3.05, 3.63) is 47.9 Å². The van der Waals surface area contributed by atoms with E-state index in [1.807, 2.05) is 27.0 Å². The fourth-order valence-electron chi connectivity index (χ4n) is 2.29. The van der Waals surface area contributed by atoms with E-state index in [9.17, 15) is 0 Å². The first-order chi connectivity index (χ1) is 13.0. The molecule has 0 aliphatic heterocycles. The summed E-state index contributed by atoms with van der Waals surface area (Å²) in [5, 5.41) is 0. The number of ether oxygens (including phenoxy) is 4. The molecule has 0 aromatic heterocycles. The van der Waals surface area contributed by atoms with Crippen molar-refractivity contribution in [2.45, 2.75) is 53.6 Å². The van der Waals surface area contributed by atoms with Crippen molar-refractivity contribution in [2.75, 3.05) is 33.0 Å².